The van der Waals surface area contributed by atoms with Gasteiger partial charge in [0, 0.05) is 0 Å². The zero-order chi connectivity index (χ0) is 13.4. The Hall–Kier alpha value is -0.820. The van der Waals surface area contributed by atoms with Gasteiger partial charge in [-0.25, -0.2) is 0 Å². The molecule has 0 aliphatic rings. The molecule has 0 aliphatic carbocycles. The van der Waals surface area contributed by atoms with Crippen LogP contribution >= 0.6 is 0 Å². The second kappa shape index (κ2) is 7.58. The predicted molar refractivity (Wildman–Crippen MR) is 80.6 cm³/mol. The summed E-state index contributed by atoms with van der Waals surface area (Å²) in [5, 5.41) is 0. The molecule has 18 heavy (non-hydrogen) atoms. The molecule has 1 heteroatoms. The van der Waals surface area contributed by atoms with Crippen molar-refractivity contribution in [3.8, 4) is 0 Å². The molecule has 0 fully saturated rings. The summed E-state index contributed by atoms with van der Waals surface area (Å²) in [7, 11) is 0. The smallest absolute Gasteiger partial charge is 0.00719 e. The third-order valence-electron chi connectivity index (χ3n) is 4.37. The summed E-state index contributed by atoms with van der Waals surface area (Å²) in [6, 6.07) is 10.8. The first kappa shape index (κ1) is 15.2. The maximum absolute atomic E-state index is 5.85. The average Bonchev–Trinajstić information content (AvgIpc) is 2.37. The summed E-state index contributed by atoms with van der Waals surface area (Å²) in [5.74, 6) is 0.713. The Kier molecular flexibility index (Phi) is 6.42. The van der Waals surface area contributed by atoms with Crippen LogP contribution in [-0.2, 0) is 6.42 Å². The monoisotopic (exact) mass is 247 g/mol. The van der Waals surface area contributed by atoms with Crippen LogP contribution in [0.4, 0.5) is 0 Å². The van der Waals surface area contributed by atoms with E-state index in [0.717, 1.165) is 13.0 Å². The lowest BCUT2D eigenvalue weighted by atomic mass is 9.68. The average molecular weight is 247 g/mol. The van der Waals surface area contributed by atoms with Crippen molar-refractivity contribution in [1.29, 1.82) is 0 Å². The lowest BCUT2D eigenvalue weighted by Crippen LogP contribution is -2.31. The lowest BCUT2D eigenvalue weighted by molar-refractivity contribution is 0.140. The molecule has 0 aromatic heterocycles. The summed E-state index contributed by atoms with van der Waals surface area (Å²) < 4.78 is 0. The maximum atomic E-state index is 5.85. The molecule has 1 aromatic carbocycles. The van der Waals surface area contributed by atoms with Crippen molar-refractivity contribution in [2.75, 3.05) is 6.54 Å². The molecule has 0 heterocycles. The Labute approximate surface area is 113 Å². The van der Waals surface area contributed by atoms with Crippen molar-refractivity contribution in [1.82, 2.24) is 0 Å². The number of rotatable bonds is 8. The van der Waals surface area contributed by atoms with Crippen molar-refractivity contribution < 1.29 is 0 Å². The van der Waals surface area contributed by atoms with Gasteiger partial charge in [0.2, 0.25) is 0 Å². The quantitative estimate of drug-likeness (QED) is 0.723. The van der Waals surface area contributed by atoms with Crippen molar-refractivity contribution >= 4 is 0 Å². The van der Waals surface area contributed by atoms with Gasteiger partial charge in [0.15, 0.2) is 0 Å². The van der Waals surface area contributed by atoms with Crippen LogP contribution in [0, 0.1) is 11.3 Å². The van der Waals surface area contributed by atoms with Crippen LogP contribution in [-0.4, -0.2) is 6.54 Å². The zero-order valence-corrected chi connectivity index (χ0v) is 12.3. The molecule has 0 amide bonds. The Bertz CT molecular complexity index is 310. The predicted octanol–water partition coefficient (Wildman–Crippen LogP) is 4.41. The minimum absolute atomic E-state index is 0.430. The standard InChI is InChI=1S/C17H29N/c1-4-11-17(13-14-18,15(2)3)12-10-16-8-6-5-7-9-16/h5-9,15H,4,10-14,18H2,1-3H3. The fourth-order valence-corrected chi connectivity index (χ4v) is 3.06. The van der Waals surface area contributed by atoms with Crippen LogP contribution in [0.3, 0.4) is 0 Å². The Morgan fingerprint density at radius 2 is 1.72 bits per heavy atom. The Morgan fingerprint density at radius 3 is 2.22 bits per heavy atom. The van der Waals surface area contributed by atoms with E-state index in [1.807, 2.05) is 0 Å². The molecule has 102 valence electrons. The number of nitrogens with two attached hydrogens (primary N) is 1. The molecule has 0 bridgehead atoms. The van der Waals surface area contributed by atoms with Gasteiger partial charge in [0.05, 0.1) is 0 Å². The van der Waals surface area contributed by atoms with E-state index in [9.17, 15) is 0 Å². The fourth-order valence-electron chi connectivity index (χ4n) is 3.06. The van der Waals surface area contributed by atoms with E-state index in [1.54, 1.807) is 0 Å². The van der Waals surface area contributed by atoms with Gasteiger partial charge in [-0.05, 0) is 49.1 Å². The molecule has 0 aliphatic heterocycles. The molecule has 0 radical (unpaired) electrons. The highest BCUT2D eigenvalue weighted by atomic mass is 14.5. The number of hydrogen-bond donors (Lipinski definition) is 1. The summed E-state index contributed by atoms with van der Waals surface area (Å²) in [6.07, 6.45) is 6.16. The van der Waals surface area contributed by atoms with Gasteiger partial charge in [-0.15, -0.1) is 0 Å². The van der Waals surface area contributed by atoms with Gasteiger partial charge in [0.25, 0.3) is 0 Å². The first-order valence-electron chi connectivity index (χ1n) is 7.38. The summed E-state index contributed by atoms with van der Waals surface area (Å²) in [6.45, 7) is 7.82. The Balaban J connectivity index is 2.71. The van der Waals surface area contributed by atoms with E-state index in [0.29, 0.717) is 11.3 Å². The van der Waals surface area contributed by atoms with Crippen LogP contribution < -0.4 is 5.73 Å². The maximum Gasteiger partial charge on any atom is -0.00719 e. The second-order valence-corrected chi connectivity index (χ2v) is 5.79. The highest BCUT2D eigenvalue weighted by Crippen LogP contribution is 2.40. The van der Waals surface area contributed by atoms with Crippen molar-refractivity contribution in [3.63, 3.8) is 0 Å². The highest BCUT2D eigenvalue weighted by Gasteiger charge is 2.31. The molecule has 0 saturated carbocycles. The zero-order valence-electron chi connectivity index (χ0n) is 12.3. The summed E-state index contributed by atoms with van der Waals surface area (Å²) in [5.41, 5.74) is 7.74. The van der Waals surface area contributed by atoms with Crippen molar-refractivity contribution in [2.45, 2.75) is 52.9 Å². The minimum atomic E-state index is 0.430. The minimum Gasteiger partial charge on any atom is -0.330 e. The first-order chi connectivity index (χ1) is 8.64. The first-order valence-corrected chi connectivity index (χ1v) is 7.38. The van der Waals surface area contributed by atoms with Gasteiger partial charge in [-0.1, -0.05) is 57.5 Å². The normalized spacial score (nSPS) is 14.7. The van der Waals surface area contributed by atoms with Crippen LogP contribution in [0.15, 0.2) is 30.3 Å². The topological polar surface area (TPSA) is 26.0 Å². The molecule has 0 saturated heterocycles. The summed E-state index contributed by atoms with van der Waals surface area (Å²) in [4.78, 5) is 0. The van der Waals surface area contributed by atoms with E-state index in [2.05, 4.69) is 51.1 Å². The largest absolute Gasteiger partial charge is 0.330 e. The number of aryl methyl sites for hydroxylation is 1. The SMILES string of the molecule is CCCC(CCN)(CCc1ccccc1)C(C)C. The van der Waals surface area contributed by atoms with E-state index in [4.69, 9.17) is 5.73 Å². The summed E-state index contributed by atoms with van der Waals surface area (Å²) >= 11 is 0. The molecule has 1 atom stereocenters. The van der Waals surface area contributed by atoms with Gasteiger partial charge in [-0.3, -0.25) is 0 Å². The molecule has 1 rings (SSSR count). The van der Waals surface area contributed by atoms with Crippen molar-refractivity contribution in [2.24, 2.45) is 17.1 Å². The van der Waals surface area contributed by atoms with Gasteiger partial charge < -0.3 is 5.73 Å². The van der Waals surface area contributed by atoms with Gasteiger partial charge in [-0.2, -0.15) is 0 Å². The lowest BCUT2D eigenvalue weighted by Gasteiger charge is -2.38. The number of benzene rings is 1. The van der Waals surface area contributed by atoms with E-state index in [-0.39, 0.29) is 0 Å². The fraction of sp³-hybridized carbons (Fsp3) is 0.647. The van der Waals surface area contributed by atoms with Crippen LogP contribution in [0.2, 0.25) is 0 Å². The molecule has 1 aromatic rings. The third-order valence-corrected chi connectivity index (χ3v) is 4.37. The second-order valence-electron chi connectivity index (χ2n) is 5.79. The number of hydrogen-bond acceptors (Lipinski definition) is 1. The molecule has 2 N–H and O–H groups in total. The van der Waals surface area contributed by atoms with Crippen molar-refractivity contribution in [3.05, 3.63) is 35.9 Å². The van der Waals surface area contributed by atoms with Gasteiger partial charge >= 0.3 is 0 Å². The van der Waals surface area contributed by atoms with E-state index >= 15 is 0 Å². The van der Waals surface area contributed by atoms with Crippen LogP contribution in [0.25, 0.3) is 0 Å². The molecule has 1 unspecified atom stereocenters. The molecular formula is C17H29N. The van der Waals surface area contributed by atoms with Crippen LogP contribution in [0.5, 0.6) is 0 Å². The molecular weight excluding hydrogens is 218 g/mol. The molecule has 1 nitrogen and oxygen atoms in total. The van der Waals surface area contributed by atoms with Crippen LogP contribution in [0.1, 0.15) is 52.0 Å². The third kappa shape index (κ3) is 4.13. The van der Waals surface area contributed by atoms with Gasteiger partial charge in [0.1, 0.15) is 0 Å². The highest BCUT2D eigenvalue weighted by molar-refractivity contribution is 5.15. The van der Waals surface area contributed by atoms with E-state index < -0.39 is 0 Å². The molecule has 0 spiro atoms. The van der Waals surface area contributed by atoms with E-state index in [1.165, 1.54) is 31.2 Å². The Morgan fingerprint density at radius 1 is 1.06 bits per heavy atom.